The Morgan fingerprint density at radius 2 is 2.14 bits per heavy atom. The highest BCUT2D eigenvalue weighted by molar-refractivity contribution is 6.36. The lowest BCUT2D eigenvalue weighted by molar-refractivity contribution is -0.135. The van der Waals surface area contributed by atoms with E-state index in [-0.39, 0.29) is 30.7 Å². The van der Waals surface area contributed by atoms with Crippen molar-refractivity contribution in [2.75, 3.05) is 5.73 Å². The Morgan fingerprint density at radius 1 is 1.36 bits per heavy atom. The van der Waals surface area contributed by atoms with Crippen molar-refractivity contribution < 1.29 is 19.2 Å². The Hall–Kier alpha value is -2.96. The Morgan fingerprint density at radius 3 is 2.82 bits per heavy atom. The van der Waals surface area contributed by atoms with Gasteiger partial charge >= 0.3 is 0 Å². The van der Waals surface area contributed by atoms with E-state index < -0.39 is 17.7 Å². The topological polar surface area (TPSA) is 111 Å². The smallest absolute Gasteiger partial charge is 0.249 e. The number of nitrogens with two attached hydrogens (primary N) is 1. The molecule has 0 spiro atoms. The Balaban J connectivity index is 2.23. The van der Waals surface area contributed by atoms with Crippen LogP contribution in [-0.2, 0) is 14.4 Å². The Labute approximate surface area is 125 Å². The fraction of sp³-hybridized carbons (Fsp3) is 0.200. The number of imide groups is 1. The van der Waals surface area contributed by atoms with Crippen molar-refractivity contribution in [1.29, 1.82) is 0 Å². The van der Waals surface area contributed by atoms with Crippen LogP contribution >= 0.6 is 0 Å². The number of ketones is 1. The zero-order valence-electron chi connectivity index (χ0n) is 11.5. The second kappa shape index (κ2) is 5.10. The van der Waals surface area contributed by atoms with Crippen LogP contribution in [0.3, 0.4) is 0 Å². The number of rotatable bonds is 3. The van der Waals surface area contributed by atoms with Crippen LogP contribution < -0.4 is 11.1 Å². The number of nitrogen functional groups attached to an aromatic ring is 1. The molecule has 2 amide bonds. The first-order chi connectivity index (χ1) is 10.5. The van der Waals surface area contributed by atoms with Crippen molar-refractivity contribution in [2.45, 2.75) is 18.9 Å². The number of benzene rings is 1. The number of carbonyl (C=O) groups excluding carboxylic acids is 4. The van der Waals surface area contributed by atoms with Gasteiger partial charge in [0.15, 0.2) is 6.29 Å². The summed E-state index contributed by atoms with van der Waals surface area (Å²) < 4.78 is 1.44. The van der Waals surface area contributed by atoms with Gasteiger partial charge in [-0.2, -0.15) is 0 Å². The number of anilines is 1. The number of carbonyl (C=O) groups is 4. The highest BCUT2D eigenvalue weighted by atomic mass is 16.2. The molecule has 7 heteroatoms. The minimum atomic E-state index is -0.752. The number of hydrogen-bond acceptors (Lipinski definition) is 5. The van der Waals surface area contributed by atoms with Crippen molar-refractivity contribution in [3.63, 3.8) is 0 Å². The SMILES string of the molecule is Nc1cccc2cn(C3CCC(=O)NC3=O)c(C(=O)C=O)c12. The second-order valence-electron chi connectivity index (χ2n) is 5.15. The van der Waals surface area contributed by atoms with E-state index in [4.69, 9.17) is 5.73 Å². The summed E-state index contributed by atoms with van der Waals surface area (Å²) in [4.78, 5) is 46.3. The van der Waals surface area contributed by atoms with Gasteiger partial charge < -0.3 is 10.3 Å². The fourth-order valence-electron chi connectivity index (χ4n) is 2.81. The summed E-state index contributed by atoms with van der Waals surface area (Å²) in [7, 11) is 0. The molecule has 1 fully saturated rings. The molecule has 1 atom stereocenters. The zero-order chi connectivity index (χ0) is 15.9. The van der Waals surface area contributed by atoms with Crippen LogP contribution in [0.4, 0.5) is 5.69 Å². The van der Waals surface area contributed by atoms with E-state index in [0.717, 1.165) is 0 Å². The molecule has 0 radical (unpaired) electrons. The molecule has 0 saturated carbocycles. The van der Waals surface area contributed by atoms with Crippen LogP contribution in [0, 0.1) is 0 Å². The molecule has 1 aromatic heterocycles. The van der Waals surface area contributed by atoms with Gasteiger partial charge in [0.25, 0.3) is 0 Å². The predicted molar refractivity (Wildman–Crippen MR) is 78.2 cm³/mol. The average Bonchev–Trinajstić information content (AvgIpc) is 2.87. The van der Waals surface area contributed by atoms with Gasteiger partial charge in [0, 0.05) is 29.1 Å². The molecule has 7 nitrogen and oxygen atoms in total. The summed E-state index contributed by atoms with van der Waals surface area (Å²) in [6.07, 6.45) is 2.26. The predicted octanol–water partition coefficient (Wildman–Crippen LogP) is 0.583. The van der Waals surface area contributed by atoms with Crippen molar-refractivity contribution in [3.8, 4) is 0 Å². The van der Waals surface area contributed by atoms with Gasteiger partial charge in [0.05, 0.1) is 0 Å². The molecular weight excluding hydrogens is 286 g/mol. The molecule has 1 unspecified atom stereocenters. The summed E-state index contributed by atoms with van der Waals surface area (Å²) in [6, 6.07) is 4.37. The molecule has 1 aliphatic heterocycles. The van der Waals surface area contributed by atoms with Gasteiger partial charge in [0.1, 0.15) is 11.7 Å². The summed E-state index contributed by atoms with van der Waals surface area (Å²) in [5.41, 5.74) is 6.35. The van der Waals surface area contributed by atoms with Crippen LogP contribution in [0.15, 0.2) is 24.4 Å². The maximum Gasteiger partial charge on any atom is 0.249 e. The Kier molecular flexibility index (Phi) is 3.25. The highest BCUT2D eigenvalue weighted by Gasteiger charge is 2.31. The number of Topliss-reactive ketones (excluding diaryl/α,β-unsaturated/α-hetero) is 1. The lowest BCUT2D eigenvalue weighted by Gasteiger charge is -2.23. The monoisotopic (exact) mass is 299 g/mol. The Bertz CT molecular complexity index is 822. The lowest BCUT2D eigenvalue weighted by atomic mass is 10.0. The van der Waals surface area contributed by atoms with Gasteiger partial charge in [-0.25, -0.2) is 0 Å². The van der Waals surface area contributed by atoms with E-state index in [1.165, 1.54) is 4.57 Å². The number of amides is 2. The number of piperidine rings is 1. The van der Waals surface area contributed by atoms with Gasteiger partial charge in [0.2, 0.25) is 17.6 Å². The number of nitrogens with zero attached hydrogens (tertiary/aromatic N) is 1. The molecule has 2 aromatic rings. The third kappa shape index (κ3) is 2.07. The summed E-state index contributed by atoms with van der Waals surface area (Å²) in [5, 5.41) is 3.35. The highest BCUT2D eigenvalue weighted by Crippen LogP contribution is 2.31. The van der Waals surface area contributed by atoms with Crippen LogP contribution in [0.1, 0.15) is 29.4 Å². The lowest BCUT2D eigenvalue weighted by Crippen LogP contribution is -2.42. The normalized spacial score (nSPS) is 18.3. The zero-order valence-corrected chi connectivity index (χ0v) is 11.5. The maximum atomic E-state index is 12.0. The van der Waals surface area contributed by atoms with Gasteiger partial charge in [-0.15, -0.1) is 0 Å². The van der Waals surface area contributed by atoms with Crippen LogP contribution in [-0.4, -0.2) is 28.5 Å². The van der Waals surface area contributed by atoms with E-state index in [1.54, 1.807) is 24.4 Å². The molecule has 3 N–H and O–H groups in total. The van der Waals surface area contributed by atoms with Crippen LogP contribution in [0.5, 0.6) is 0 Å². The number of fused-ring (bicyclic) bond motifs is 1. The quantitative estimate of drug-likeness (QED) is 0.283. The molecule has 1 aliphatic rings. The van der Waals surface area contributed by atoms with Crippen molar-refractivity contribution in [2.24, 2.45) is 0 Å². The largest absolute Gasteiger partial charge is 0.398 e. The molecule has 3 rings (SSSR count). The summed E-state index contributed by atoms with van der Waals surface area (Å²) >= 11 is 0. The average molecular weight is 299 g/mol. The van der Waals surface area contributed by atoms with Crippen LogP contribution in [0.2, 0.25) is 0 Å². The maximum absolute atomic E-state index is 12.0. The number of nitrogens with one attached hydrogen (secondary N) is 1. The number of aldehydes is 1. The van der Waals surface area contributed by atoms with Crippen molar-refractivity contribution >= 4 is 40.3 Å². The molecular formula is C15H13N3O4. The number of aromatic nitrogens is 1. The minimum Gasteiger partial charge on any atom is -0.398 e. The summed E-state index contributed by atoms with van der Waals surface area (Å²) in [5.74, 6) is -1.59. The van der Waals surface area contributed by atoms with Crippen molar-refractivity contribution in [3.05, 3.63) is 30.1 Å². The first-order valence-electron chi connectivity index (χ1n) is 6.75. The molecule has 112 valence electrons. The standard InChI is InChI=1S/C15H13N3O4/c16-9-3-1-2-8-6-18(14(13(8)9)11(20)7-19)10-4-5-12(21)17-15(10)22/h1-3,6-7,10H,4-5,16H2,(H,17,21,22). The molecule has 2 heterocycles. The van der Waals surface area contributed by atoms with E-state index in [9.17, 15) is 19.2 Å². The van der Waals surface area contributed by atoms with E-state index in [0.29, 0.717) is 16.5 Å². The van der Waals surface area contributed by atoms with E-state index >= 15 is 0 Å². The third-order valence-electron chi connectivity index (χ3n) is 3.79. The molecule has 1 aromatic carbocycles. The minimum absolute atomic E-state index is 0.0811. The summed E-state index contributed by atoms with van der Waals surface area (Å²) in [6.45, 7) is 0. The van der Waals surface area contributed by atoms with Crippen LogP contribution in [0.25, 0.3) is 10.8 Å². The van der Waals surface area contributed by atoms with Crippen molar-refractivity contribution in [1.82, 2.24) is 9.88 Å². The van der Waals surface area contributed by atoms with Gasteiger partial charge in [-0.1, -0.05) is 12.1 Å². The van der Waals surface area contributed by atoms with E-state index in [1.807, 2.05) is 0 Å². The molecule has 1 saturated heterocycles. The van der Waals surface area contributed by atoms with E-state index in [2.05, 4.69) is 5.32 Å². The second-order valence-corrected chi connectivity index (χ2v) is 5.15. The third-order valence-corrected chi connectivity index (χ3v) is 3.79. The first-order valence-corrected chi connectivity index (χ1v) is 6.75. The first kappa shape index (κ1) is 14.0. The fourth-order valence-corrected chi connectivity index (χ4v) is 2.81. The van der Waals surface area contributed by atoms with Gasteiger partial charge in [-0.05, 0) is 12.5 Å². The molecule has 0 aliphatic carbocycles. The number of hydrogen-bond donors (Lipinski definition) is 2. The van der Waals surface area contributed by atoms with Gasteiger partial charge in [-0.3, -0.25) is 24.5 Å². The molecule has 0 bridgehead atoms. The molecule has 22 heavy (non-hydrogen) atoms.